The van der Waals surface area contributed by atoms with E-state index >= 15 is 0 Å². The third-order valence-corrected chi connectivity index (χ3v) is 3.44. The smallest absolute Gasteiger partial charge is 0.119 e. The summed E-state index contributed by atoms with van der Waals surface area (Å²) in [4.78, 5) is 4.17. The molecule has 0 aliphatic carbocycles. The first-order valence-electron chi connectivity index (χ1n) is 7.06. The van der Waals surface area contributed by atoms with E-state index in [0.717, 1.165) is 12.3 Å². The zero-order valence-corrected chi connectivity index (χ0v) is 12.4. The molecule has 0 saturated heterocycles. The first-order valence-corrected chi connectivity index (χ1v) is 7.06. The van der Waals surface area contributed by atoms with E-state index in [9.17, 15) is 0 Å². The number of aromatic nitrogens is 1. The van der Waals surface area contributed by atoms with E-state index in [0.29, 0.717) is 12.6 Å². The highest BCUT2D eigenvalue weighted by Gasteiger charge is 2.06. The first kappa shape index (κ1) is 14.5. The maximum Gasteiger partial charge on any atom is 0.119 e. The molecule has 1 N–H and O–H groups in total. The fourth-order valence-corrected chi connectivity index (χ4v) is 2.08. The van der Waals surface area contributed by atoms with E-state index in [1.54, 1.807) is 0 Å². The summed E-state index contributed by atoms with van der Waals surface area (Å²) in [5, 5.41) is 3.53. The Balaban J connectivity index is 1.94. The Kier molecular flexibility index (Phi) is 5.13. The van der Waals surface area contributed by atoms with Gasteiger partial charge in [0.15, 0.2) is 0 Å². The zero-order valence-electron chi connectivity index (χ0n) is 12.4. The van der Waals surface area contributed by atoms with Gasteiger partial charge < -0.3 is 10.1 Å². The van der Waals surface area contributed by atoms with E-state index in [4.69, 9.17) is 4.74 Å². The van der Waals surface area contributed by atoms with Gasteiger partial charge in [-0.3, -0.25) is 4.98 Å². The molecule has 20 heavy (non-hydrogen) atoms. The van der Waals surface area contributed by atoms with E-state index in [1.807, 2.05) is 37.5 Å². The summed E-state index contributed by atoms with van der Waals surface area (Å²) in [5.74, 6) is 0.923. The molecule has 0 fully saturated rings. The van der Waals surface area contributed by atoms with Gasteiger partial charge in [-0.2, -0.15) is 0 Å². The summed E-state index contributed by atoms with van der Waals surface area (Å²) in [6.07, 6.45) is 3.75. The van der Waals surface area contributed by atoms with Gasteiger partial charge in [-0.25, -0.2) is 0 Å². The number of nitrogens with one attached hydrogen (secondary N) is 1. The number of nitrogens with zero attached hydrogens (tertiary/aromatic N) is 1. The van der Waals surface area contributed by atoms with Crippen LogP contribution in [0.5, 0.6) is 5.75 Å². The molecule has 1 heterocycles. The predicted molar refractivity (Wildman–Crippen MR) is 81.8 cm³/mol. The summed E-state index contributed by atoms with van der Waals surface area (Å²) < 4.78 is 5.46. The molecule has 0 spiro atoms. The molecule has 1 unspecified atom stereocenters. The highest BCUT2D eigenvalue weighted by atomic mass is 16.5. The lowest BCUT2D eigenvalue weighted by Gasteiger charge is -2.15. The second-order valence-corrected chi connectivity index (χ2v) is 4.91. The third kappa shape index (κ3) is 3.81. The molecule has 2 aromatic rings. The Morgan fingerprint density at radius 3 is 2.60 bits per heavy atom. The third-order valence-electron chi connectivity index (χ3n) is 3.44. The Morgan fingerprint density at radius 2 is 1.95 bits per heavy atom. The molecule has 0 radical (unpaired) electrons. The van der Waals surface area contributed by atoms with Crippen LogP contribution in [-0.4, -0.2) is 11.6 Å². The fraction of sp³-hybridized carbons (Fsp3) is 0.353. The summed E-state index contributed by atoms with van der Waals surface area (Å²) in [5.41, 5.74) is 3.77. The van der Waals surface area contributed by atoms with Crippen LogP contribution >= 0.6 is 0 Å². The molecule has 0 amide bonds. The lowest BCUT2D eigenvalue weighted by molar-refractivity contribution is 0.340. The van der Waals surface area contributed by atoms with E-state index in [-0.39, 0.29) is 0 Å². The maximum atomic E-state index is 5.46. The normalized spacial score (nSPS) is 12.2. The average molecular weight is 270 g/mol. The maximum absolute atomic E-state index is 5.46. The molecular weight excluding hydrogens is 248 g/mol. The lowest BCUT2D eigenvalue weighted by atomic mass is 10.1. The SMILES string of the molecule is CCOc1ccc(C(C)NCc2cnccc2C)cc1. The average Bonchev–Trinajstić information content (AvgIpc) is 2.47. The standard InChI is InChI=1S/C17H22N2O/c1-4-20-17-7-5-15(6-8-17)14(3)19-12-16-11-18-10-9-13(16)2/h5-11,14,19H,4,12H2,1-3H3. The quantitative estimate of drug-likeness (QED) is 0.870. The molecule has 1 atom stereocenters. The Bertz CT molecular complexity index is 537. The number of benzene rings is 1. The Morgan fingerprint density at radius 1 is 1.20 bits per heavy atom. The Hall–Kier alpha value is -1.87. The fourth-order valence-electron chi connectivity index (χ4n) is 2.08. The molecule has 0 aliphatic heterocycles. The highest BCUT2D eigenvalue weighted by Crippen LogP contribution is 2.18. The van der Waals surface area contributed by atoms with Crippen molar-refractivity contribution < 1.29 is 4.74 Å². The molecule has 0 bridgehead atoms. The van der Waals surface area contributed by atoms with Crippen LogP contribution in [0.4, 0.5) is 0 Å². The van der Waals surface area contributed by atoms with Crippen molar-refractivity contribution in [3.8, 4) is 5.75 Å². The van der Waals surface area contributed by atoms with Gasteiger partial charge in [-0.05, 0) is 55.7 Å². The van der Waals surface area contributed by atoms with Crippen molar-refractivity contribution in [3.05, 3.63) is 59.4 Å². The topological polar surface area (TPSA) is 34.1 Å². The van der Waals surface area contributed by atoms with Gasteiger partial charge in [0.1, 0.15) is 5.75 Å². The van der Waals surface area contributed by atoms with Gasteiger partial charge in [-0.15, -0.1) is 0 Å². The van der Waals surface area contributed by atoms with Gasteiger partial charge in [0.2, 0.25) is 0 Å². The van der Waals surface area contributed by atoms with Gasteiger partial charge in [-0.1, -0.05) is 12.1 Å². The summed E-state index contributed by atoms with van der Waals surface area (Å²) in [7, 11) is 0. The number of ether oxygens (including phenoxy) is 1. The van der Waals surface area contributed by atoms with Crippen LogP contribution in [-0.2, 0) is 6.54 Å². The van der Waals surface area contributed by atoms with Crippen molar-refractivity contribution in [1.29, 1.82) is 0 Å². The van der Waals surface area contributed by atoms with Crippen LogP contribution in [0.25, 0.3) is 0 Å². The second kappa shape index (κ2) is 7.06. The molecule has 0 saturated carbocycles. The number of hydrogen-bond donors (Lipinski definition) is 1. The van der Waals surface area contributed by atoms with Gasteiger partial charge >= 0.3 is 0 Å². The van der Waals surface area contributed by atoms with Crippen LogP contribution in [0, 0.1) is 6.92 Å². The molecule has 106 valence electrons. The lowest BCUT2D eigenvalue weighted by Crippen LogP contribution is -2.18. The molecule has 1 aromatic heterocycles. The van der Waals surface area contributed by atoms with Gasteiger partial charge in [0.25, 0.3) is 0 Å². The summed E-state index contributed by atoms with van der Waals surface area (Å²) in [6.45, 7) is 7.80. The molecule has 2 rings (SSSR count). The zero-order chi connectivity index (χ0) is 14.4. The predicted octanol–water partition coefficient (Wildman–Crippen LogP) is 3.64. The number of aryl methyl sites for hydroxylation is 1. The van der Waals surface area contributed by atoms with Crippen LogP contribution in [0.3, 0.4) is 0 Å². The minimum Gasteiger partial charge on any atom is -0.494 e. The van der Waals surface area contributed by atoms with Crippen LogP contribution in [0.15, 0.2) is 42.7 Å². The molecule has 1 aromatic carbocycles. The summed E-state index contributed by atoms with van der Waals surface area (Å²) in [6, 6.07) is 10.6. The number of hydrogen-bond acceptors (Lipinski definition) is 3. The Labute approximate surface area is 121 Å². The van der Waals surface area contributed by atoms with Crippen LogP contribution in [0.1, 0.15) is 36.6 Å². The monoisotopic (exact) mass is 270 g/mol. The number of rotatable bonds is 6. The molecular formula is C17H22N2O. The minimum absolute atomic E-state index is 0.297. The first-order chi connectivity index (χ1) is 9.70. The highest BCUT2D eigenvalue weighted by molar-refractivity contribution is 5.29. The van der Waals surface area contributed by atoms with Crippen LogP contribution < -0.4 is 10.1 Å². The minimum atomic E-state index is 0.297. The van der Waals surface area contributed by atoms with Crippen molar-refractivity contribution in [3.63, 3.8) is 0 Å². The van der Waals surface area contributed by atoms with Gasteiger partial charge in [0, 0.05) is 25.0 Å². The molecule has 3 heteroatoms. The number of pyridine rings is 1. The molecule has 3 nitrogen and oxygen atoms in total. The van der Waals surface area contributed by atoms with E-state index in [2.05, 4.69) is 36.3 Å². The van der Waals surface area contributed by atoms with Crippen molar-refractivity contribution in [2.45, 2.75) is 33.4 Å². The van der Waals surface area contributed by atoms with Crippen molar-refractivity contribution in [1.82, 2.24) is 10.3 Å². The van der Waals surface area contributed by atoms with Gasteiger partial charge in [0.05, 0.1) is 6.61 Å². The van der Waals surface area contributed by atoms with Crippen molar-refractivity contribution in [2.24, 2.45) is 0 Å². The second-order valence-electron chi connectivity index (χ2n) is 4.91. The van der Waals surface area contributed by atoms with Crippen LogP contribution in [0.2, 0.25) is 0 Å². The molecule has 0 aliphatic rings. The van der Waals surface area contributed by atoms with E-state index < -0.39 is 0 Å². The largest absolute Gasteiger partial charge is 0.494 e. The van der Waals surface area contributed by atoms with E-state index in [1.165, 1.54) is 16.7 Å². The summed E-state index contributed by atoms with van der Waals surface area (Å²) >= 11 is 0. The van der Waals surface area contributed by atoms with Crippen molar-refractivity contribution >= 4 is 0 Å². The van der Waals surface area contributed by atoms with Crippen molar-refractivity contribution in [2.75, 3.05) is 6.61 Å².